The number of carbonyl (C=O) groups is 1. The number of methoxy groups -OCH3 is 1. The van der Waals surface area contributed by atoms with Crippen molar-refractivity contribution in [2.45, 2.75) is 12.8 Å². The van der Waals surface area contributed by atoms with Gasteiger partial charge in [-0.15, -0.1) is 10.2 Å². The highest BCUT2D eigenvalue weighted by atomic mass is 16.5. The van der Waals surface area contributed by atoms with E-state index in [-0.39, 0.29) is 5.91 Å². The molecule has 0 spiro atoms. The number of carbonyl (C=O) groups excluding carboxylic acids is 1. The van der Waals surface area contributed by atoms with Gasteiger partial charge in [-0.3, -0.25) is 9.20 Å². The van der Waals surface area contributed by atoms with Crippen molar-refractivity contribution in [3.8, 4) is 17.0 Å². The minimum absolute atomic E-state index is 0.159. The highest BCUT2D eigenvalue weighted by molar-refractivity contribution is 5.78. The van der Waals surface area contributed by atoms with Crippen molar-refractivity contribution in [1.29, 1.82) is 0 Å². The number of benzene rings is 2. The average molecular weight is 482 g/mol. The van der Waals surface area contributed by atoms with Gasteiger partial charge in [0.25, 0.3) is 0 Å². The highest BCUT2D eigenvalue weighted by Crippen LogP contribution is 2.24. The number of para-hydroxylation sites is 1. The molecule has 5 aromatic rings. The third-order valence-corrected chi connectivity index (χ3v) is 6.79. The molecular weight excluding hydrogens is 454 g/mol. The summed E-state index contributed by atoms with van der Waals surface area (Å²) < 4.78 is 9.01. The number of amides is 1. The summed E-state index contributed by atoms with van der Waals surface area (Å²) in [5.41, 5.74) is 4.64. The van der Waals surface area contributed by atoms with E-state index in [9.17, 15) is 4.79 Å². The van der Waals surface area contributed by atoms with Gasteiger partial charge < -0.3 is 14.5 Å². The molecule has 0 aliphatic carbocycles. The van der Waals surface area contributed by atoms with Crippen molar-refractivity contribution in [1.82, 2.24) is 29.1 Å². The van der Waals surface area contributed by atoms with Crippen LogP contribution in [0.3, 0.4) is 0 Å². The normalized spacial score (nSPS) is 14.0. The van der Waals surface area contributed by atoms with Crippen molar-refractivity contribution >= 4 is 22.8 Å². The van der Waals surface area contributed by atoms with Gasteiger partial charge in [0.2, 0.25) is 5.91 Å². The van der Waals surface area contributed by atoms with Gasteiger partial charge in [0.1, 0.15) is 17.1 Å². The van der Waals surface area contributed by atoms with Crippen LogP contribution in [0.15, 0.2) is 73.1 Å². The predicted octanol–water partition coefficient (Wildman–Crippen LogP) is 3.33. The minimum Gasteiger partial charge on any atom is -0.497 e. The van der Waals surface area contributed by atoms with Gasteiger partial charge in [0.05, 0.1) is 12.8 Å². The summed E-state index contributed by atoms with van der Waals surface area (Å²) in [5, 5.41) is 13.5. The molecule has 182 valence electrons. The molecule has 0 saturated carbocycles. The zero-order chi connectivity index (χ0) is 24.5. The quantitative estimate of drug-likeness (QED) is 0.370. The zero-order valence-corrected chi connectivity index (χ0v) is 20.1. The number of rotatable bonds is 6. The van der Waals surface area contributed by atoms with E-state index in [1.54, 1.807) is 7.11 Å². The van der Waals surface area contributed by atoms with Crippen molar-refractivity contribution in [2.24, 2.45) is 0 Å². The van der Waals surface area contributed by atoms with Gasteiger partial charge in [0, 0.05) is 62.7 Å². The van der Waals surface area contributed by atoms with Crippen molar-refractivity contribution in [2.75, 3.05) is 38.2 Å². The highest BCUT2D eigenvalue weighted by Gasteiger charge is 2.22. The van der Waals surface area contributed by atoms with Crippen molar-refractivity contribution < 1.29 is 9.53 Å². The second-order valence-corrected chi connectivity index (χ2v) is 8.90. The van der Waals surface area contributed by atoms with E-state index in [1.807, 2.05) is 74.7 Å². The summed E-state index contributed by atoms with van der Waals surface area (Å²) in [4.78, 5) is 17.2. The van der Waals surface area contributed by atoms with Crippen LogP contribution in [0.1, 0.15) is 12.2 Å². The summed E-state index contributed by atoms with van der Waals surface area (Å²) in [7, 11) is 1.65. The first-order valence-corrected chi connectivity index (χ1v) is 12.1. The Kier molecular flexibility index (Phi) is 5.73. The Morgan fingerprint density at radius 1 is 0.944 bits per heavy atom. The number of hydrogen-bond donors (Lipinski definition) is 0. The number of ether oxygens (including phenoxy) is 1. The molecule has 4 heterocycles. The summed E-state index contributed by atoms with van der Waals surface area (Å²) in [6.45, 7) is 3.16. The summed E-state index contributed by atoms with van der Waals surface area (Å²) in [6, 6.07) is 20.2. The Hall–Kier alpha value is -4.40. The molecule has 9 nitrogen and oxygen atoms in total. The lowest BCUT2D eigenvalue weighted by Gasteiger charge is -2.36. The van der Waals surface area contributed by atoms with E-state index in [2.05, 4.69) is 27.2 Å². The summed E-state index contributed by atoms with van der Waals surface area (Å²) in [6.07, 6.45) is 4.75. The number of piperazine rings is 1. The fraction of sp³-hybridized carbons (Fsp3) is 0.259. The molecule has 1 amide bonds. The molecule has 0 bridgehead atoms. The van der Waals surface area contributed by atoms with Gasteiger partial charge in [0.15, 0.2) is 5.65 Å². The van der Waals surface area contributed by atoms with E-state index in [0.29, 0.717) is 12.8 Å². The van der Waals surface area contributed by atoms with Gasteiger partial charge >= 0.3 is 0 Å². The third-order valence-electron chi connectivity index (χ3n) is 6.79. The van der Waals surface area contributed by atoms with E-state index in [4.69, 9.17) is 9.84 Å². The Morgan fingerprint density at radius 3 is 2.47 bits per heavy atom. The Labute approximate surface area is 208 Å². The lowest BCUT2D eigenvalue weighted by molar-refractivity contribution is -0.131. The van der Waals surface area contributed by atoms with Crippen LogP contribution in [0.5, 0.6) is 5.75 Å². The van der Waals surface area contributed by atoms with E-state index >= 15 is 0 Å². The molecule has 0 N–H and O–H groups in total. The molecule has 36 heavy (non-hydrogen) atoms. The number of hydrogen-bond acceptors (Lipinski definition) is 6. The molecule has 1 saturated heterocycles. The zero-order valence-electron chi connectivity index (χ0n) is 20.1. The summed E-state index contributed by atoms with van der Waals surface area (Å²) >= 11 is 0. The Bertz CT molecular complexity index is 1500. The maximum Gasteiger partial charge on any atom is 0.223 e. The SMILES string of the molecule is COc1ccc(-c2cc3c4nnc(CCC(=O)N5CCN(c6ccccc6)CC5)n4ccn3n2)cc1. The molecule has 2 aromatic carbocycles. The van der Waals surface area contributed by atoms with Gasteiger partial charge in [-0.05, 0) is 42.5 Å². The molecule has 9 heteroatoms. The maximum absolute atomic E-state index is 12.9. The number of anilines is 1. The van der Waals surface area contributed by atoms with Crippen LogP contribution in [0.4, 0.5) is 5.69 Å². The maximum atomic E-state index is 12.9. The molecule has 0 atom stereocenters. The first-order chi connectivity index (χ1) is 17.7. The Morgan fingerprint density at radius 2 is 1.72 bits per heavy atom. The molecule has 0 unspecified atom stereocenters. The van der Waals surface area contributed by atoms with E-state index in [0.717, 1.165) is 60.2 Å². The van der Waals surface area contributed by atoms with Gasteiger partial charge in [-0.2, -0.15) is 5.10 Å². The monoisotopic (exact) mass is 481 g/mol. The molecule has 3 aromatic heterocycles. The predicted molar refractivity (Wildman–Crippen MR) is 137 cm³/mol. The van der Waals surface area contributed by atoms with Crippen LogP contribution in [0, 0.1) is 0 Å². The van der Waals surface area contributed by atoms with Crippen LogP contribution in [-0.2, 0) is 11.2 Å². The molecule has 0 radical (unpaired) electrons. The summed E-state index contributed by atoms with van der Waals surface area (Å²) in [5.74, 6) is 1.74. The lowest BCUT2D eigenvalue weighted by atomic mass is 10.1. The van der Waals surface area contributed by atoms with E-state index < -0.39 is 0 Å². The molecule has 1 aliphatic heterocycles. The smallest absolute Gasteiger partial charge is 0.223 e. The van der Waals surface area contributed by atoms with Crippen LogP contribution < -0.4 is 9.64 Å². The third kappa shape index (κ3) is 4.13. The van der Waals surface area contributed by atoms with Gasteiger partial charge in [-0.1, -0.05) is 18.2 Å². The fourth-order valence-electron chi connectivity index (χ4n) is 4.76. The second kappa shape index (κ2) is 9.33. The number of aryl methyl sites for hydroxylation is 1. The number of fused-ring (bicyclic) bond motifs is 3. The molecule has 6 rings (SSSR count). The molecule has 1 fully saturated rings. The minimum atomic E-state index is 0.159. The van der Waals surface area contributed by atoms with Crippen molar-refractivity contribution in [3.63, 3.8) is 0 Å². The van der Waals surface area contributed by atoms with Crippen LogP contribution in [0.2, 0.25) is 0 Å². The second-order valence-electron chi connectivity index (χ2n) is 8.90. The standard InChI is InChI=1S/C27H27N7O2/c1-36-22-9-7-20(8-10-22)23-19-24-27-29-28-25(33(27)17-18-34(24)30-23)11-12-26(35)32-15-13-31(14-16-32)21-5-3-2-4-6-21/h2-10,17-19H,11-16H2,1H3. The molecule has 1 aliphatic rings. The largest absolute Gasteiger partial charge is 0.497 e. The van der Waals surface area contributed by atoms with Crippen molar-refractivity contribution in [3.05, 3.63) is 78.9 Å². The van der Waals surface area contributed by atoms with Gasteiger partial charge in [-0.25, -0.2) is 4.52 Å². The molecular formula is C27H27N7O2. The van der Waals surface area contributed by atoms with Crippen LogP contribution in [0.25, 0.3) is 22.4 Å². The number of nitrogens with zero attached hydrogens (tertiary/aromatic N) is 7. The first-order valence-electron chi connectivity index (χ1n) is 12.1. The van der Waals surface area contributed by atoms with Crippen LogP contribution >= 0.6 is 0 Å². The van der Waals surface area contributed by atoms with E-state index in [1.165, 1.54) is 5.69 Å². The Balaban J connectivity index is 1.13. The average Bonchev–Trinajstić information content (AvgIpc) is 3.56. The number of aromatic nitrogens is 5. The first kappa shape index (κ1) is 22.1. The fourth-order valence-corrected chi connectivity index (χ4v) is 4.76. The van der Waals surface area contributed by atoms with Crippen LogP contribution in [-0.4, -0.2) is 68.3 Å². The lowest BCUT2D eigenvalue weighted by Crippen LogP contribution is -2.48. The topological polar surface area (TPSA) is 80.3 Å².